The highest BCUT2D eigenvalue weighted by Crippen LogP contribution is 2.19. The van der Waals surface area contributed by atoms with Crippen LogP contribution in [0.3, 0.4) is 0 Å². The summed E-state index contributed by atoms with van der Waals surface area (Å²) in [6.07, 6.45) is 19.9. The Bertz CT molecular complexity index is 202. The minimum absolute atomic E-state index is 0.183. The summed E-state index contributed by atoms with van der Waals surface area (Å²) in [5, 5.41) is 10.9. The van der Waals surface area contributed by atoms with Crippen molar-refractivity contribution in [3.05, 3.63) is 5.21 Å². The standard InChI is InChI=1S/C19H40NO/c1-4-6-7-8-9-10-11-12-13-14-15-16-17-18-19(3,5-2)20-21/h20H,4-18H2,1-3H3/q-1. The first kappa shape index (κ1) is 20.9. The third-order valence-electron chi connectivity index (χ3n) is 4.86. The topological polar surface area (TPSA) is 35.1 Å². The lowest BCUT2D eigenvalue weighted by molar-refractivity contribution is 0.343. The molecule has 0 saturated carbocycles. The normalized spacial score (nSPS) is 14.3. The van der Waals surface area contributed by atoms with E-state index in [1.807, 2.05) is 6.92 Å². The predicted molar refractivity (Wildman–Crippen MR) is 95.5 cm³/mol. The zero-order valence-corrected chi connectivity index (χ0v) is 15.0. The zero-order chi connectivity index (χ0) is 15.8. The minimum atomic E-state index is -0.183. The molecule has 0 aromatic heterocycles. The van der Waals surface area contributed by atoms with Gasteiger partial charge < -0.3 is 10.7 Å². The maximum Gasteiger partial charge on any atom is 0.00343 e. The Morgan fingerprint density at radius 2 is 1.05 bits per heavy atom. The molecule has 0 fully saturated rings. The second-order valence-corrected chi connectivity index (χ2v) is 7.01. The Kier molecular flexibility index (Phi) is 14.8. The lowest BCUT2D eigenvalue weighted by Gasteiger charge is -2.33. The van der Waals surface area contributed by atoms with Crippen LogP contribution < -0.4 is 5.48 Å². The van der Waals surface area contributed by atoms with E-state index in [0.29, 0.717) is 0 Å². The highest BCUT2D eigenvalue weighted by atomic mass is 16.5. The second kappa shape index (κ2) is 14.8. The minimum Gasteiger partial charge on any atom is -0.787 e. The maximum atomic E-state index is 10.9. The molecule has 1 atom stereocenters. The molecule has 0 aromatic rings. The average Bonchev–Trinajstić information content (AvgIpc) is 2.51. The van der Waals surface area contributed by atoms with Gasteiger partial charge in [0.25, 0.3) is 0 Å². The van der Waals surface area contributed by atoms with E-state index in [9.17, 15) is 5.21 Å². The molecule has 0 aliphatic heterocycles. The van der Waals surface area contributed by atoms with Gasteiger partial charge in [-0.2, -0.15) is 0 Å². The van der Waals surface area contributed by atoms with Crippen molar-refractivity contribution in [2.24, 2.45) is 0 Å². The van der Waals surface area contributed by atoms with Crippen LogP contribution in [0.15, 0.2) is 0 Å². The van der Waals surface area contributed by atoms with Crippen molar-refractivity contribution >= 4 is 0 Å². The molecule has 0 saturated heterocycles. The van der Waals surface area contributed by atoms with Crippen LogP contribution in [0.2, 0.25) is 0 Å². The Morgan fingerprint density at radius 3 is 1.38 bits per heavy atom. The molecule has 2 nitrogen and oxygen atoms in total. The van der Waals surface area contributed by atoms with Gasteiger partial charge in [-0.1, -0.05) is 97.3 Å². The molecule has 0 aliphatic carbocycles. The molecule has 1 unspecified atom stereocenters. The molecule has 128 valence electrons. The Labute approximate surface area is 134 Å². The summed E-state index contributed by atoms with van der Waals surface area (Å²) >= 11 is 0. The summed E-state index contributed by atoms with van der Waals surface area (Å²) in [5.41, 5.74) is 2.04. The van der Waals surface area contributed by atoms with Gasteiger partial charge in [-0.15, -0.1) is 0 Å². The first-order valence-electron chi connectivity index (χ1n) is 9.58. The van der Waals surface area contributed by atoms with Crippen molar-refractivity contribution in [3.8, 4) is 0 Å². The molecule has 21 heavy (non-hydrogen) atoms. The Hall–Kier alpha value is -0.0800. The Morgan fingerprint density at radius 1 is 0.667 bits per heavy atom. The van der Waals surface area contributed by atoms with Gasteiger partial charge in [-0.05, 0) is 19.8 Å². The van der Waals surface area contributed by atoms with Gasteiger partial charge in [-0.25, -0.2) is 0 Å². The monoisotopic (exact) mass is 298 g/mol. The summed E-state index contributed by atoms with van der Waals surface area (Å²) in [4.78, 5) is 0. The van der Waals surface area contributed by atoms with Gasteiger partial charge in [0.1, 0.15) is 0 Å². The molecule has 0 radical (unpaired) electrons. The van der Waals surface area contributed by atoms with Crippen molar-refractivity contribution in [1.29, 1.82) is 0 Å². The second-order valence-electron chi connectivity index (χ2n) is 7.01. The van der Waals surface area contributed by atoms with E-state index >= 15 is 0 Å². The quantitative estimate of drug-likeness (QED) is 0.253. The van der Waals surface area contributed by atoms with E-state index in [1.54, 1.807) is 0 Å². The molecular weight excluding hydrogens is 258 g/mol. The van der Waals surface area contributed by atoms with Crippen molar-refractivity contribution in [3.63, 3.8) is 0 Å². The Balaban J connectivity index is 3.16. The highest BCUT2D eigenvalue weighted by molar-refractivity contribution is 4.81. The predicted octanol–water partition coefficient (Wildman–Crippen LogP) is 6.72. The summed E-state index contributed by atoms with van der Waals surface area (Å²) in [6, 6.07) is 0. The molecule has 0 rings (SSSR count). The van der Waals surface area contributed by atoms with Crippen LogP contribution in [0.4, 0.5) is 0 Å². The summed E-state index contributed by atoms with van der Waals surface area (Å²) < 4.78 is 0. The van der Waals surface area contributed by atoms with Crippen LogP contribution in [-0.4, -0.2) is 5.54 Å². The van der Waals surface area contributed by atoms with Crippen LogP contribution in [0.5, 0.6) is 0 Å². The van der Waals surface area contributed by atoms with Crippen LogP contribution in [0, 0.1) is 5.21 Å². The van der Waals surface area contributed by atoms with E-state index in [-0.39, 0.29) is 5.54 Å². The van der Waals surface area contributed by atoms with E-state index in [1.165, 1.54) is 83.5 Å². The van der Waals surface area contributed by atoms with E-state index in [2.05, 4.69) is 19.3 Å². The fourth-order valence-electron chi connectivity index (χ4n) is 2.83. The fourth-order valence-corrected chi connectivity index (χ4v) is 2.83. The molecular formula is C19H40NO-. The molecule has 0 aliphatic rings. The van der Waals surface area contributed by atoms with E-state index in [0.717, 1.165) is 12.8 Å². The third kappa shape index (κ3) is 13.3. The average molecular weight is 299 g/mol. The lowest BCUT2D eigenvalue weighted by Crippen LogP contribution is -2.37. The van der Waals surface area contributed by atoms with Gasteiger partial charge in [-0.3, -0.25) is 0 Å². The molecule has 0 bridgehead atoms. The van der Waals surface area contributed by atoms with Crippen molar-refractivity contribution in [2.75, 3.05) is 0 Å². The van der Waals surface area contributed by atoms with E-state index < -0.39 is 0 Å². The van der Waals surface area contributed by atoms with Gasteiger partial charge in [0.05, 0.1) is 0 Å². The number of hydrogen-bond acceptors (Lipinski definition) is 2. The number of hydrogen-bond donors (Lipinski definition) is 1. The summed E-state index contributed by atoms with van der Waals surface area (Å²) in [5.74, 6) is 0. The third-order valence-corrected chi connectivity index (χ3v) is 4.86. The fraction of sp³-hybridized carbons (Fsp3) is 1.00. The first-order chi connectivity index (χ1) is 10.2. The van der Waals surface area contributed by atoms with Gasteiger partial charge in [0.15, 0.2) is 0 Å². The van der Waals surface area contributed by atoms with Crippen molar-refractivity contribution in [1.82, 2.24) is 5.48 Å². The number of unbranched alkanes of at least 4 members (excludes halogenated alkanes) is 12. The van der Waals surface area contributed by atoms with Gasteiger partial charge >= 0.3 is 0 Å². The van der Waals surface area contributed by atoms with Crippen molar-refractivity contribution < 1.29 is 0 Å². The largest absolute Gasteiger partial charge is 0.787 e. The zero-order valence-electron chi connectivity index (χ0n) is 15.0. The number of hydroxylamine groups is 1. The number of rotatable bonds is 16. The molecule has 0 aromatic carbocycles. The molecule has 0 amide bonds. The van der Waals surface area contributed by atoms with E-state index in [4.69, 9.17) is 0 Å². The SMILES string of the molecule is CCCCCCCCCCCCCCCC(C)(CC)N[O-]. The van der Waals surface area contributed by atoms with Gasteiger partial charge in [0.2, 0.25) is 0 Å². The smallest absolute Gasteiger partial charge is 0.00343 e. The number of nitrogens with one attached hydrogen (secondary N) is 1. The summed E-state index contributed by atoms with van der Waals surface area (Å²) in [7, 11) is 0. The van der Waals surface area contributed by atoms with Crippen LogP contribution >= 0.6 is 0 Å². The first-order valence-corrected chi connectivity index (χ1v) is 9.58. The molecule has 1 N–H and O–H groups in total. The van der Waals surface area contributed by atoms with Crippen LogP contribution in [0.25, 0.3) is 0 Å². The van der Waals surface area contributed by atoms with Crippen LogP contribution in [0.1, 0.15) is 117 Å². The molecule has 0 spiro atoms. The molecule has 0 heterocycles. The summed E-state index contributed by atoms with van der Waals surface area (Å²) in [6.45, 7) is 6.41. The highest BCUT2D eigenvalue weighted by Gasteiger charge is 2.15. The maximum absolute atomic E-state index is 10.9. The van der Waals surface area contributed by atoms with Crippen molar-refractivity contribution in [2.45, 2.75) is 123 Å². The van der Waals surface area contributed by atoms with Gasteiger partial charge in [0, 0.05) is 5.54 Å². The van der Waals surface area contributed by atoms with Crippen LogP contribution in [-0.2, 0) is 0 Å². The molecule has 2 heteroatoms. The lowest BCUT2D eigenvalue weighted by atomic mass is 9.92.